The predicted molar refractivity (Wildman–Crippen MR) is 190 cm³/mol. The van der Waals surface area contributed by atoms with E-state index in [-0.39, 0.29) is 16.5 Å². The van der Waals surface area contributed by atoms with Gasteiger partial charge in [0, 0.05) is 21.8 Å². The summed E-state index contributed by atoms with van der Waals surface area (Å²) in [5.41, 5.74) is 3.97. The van der Waals surface area contributed by atoms with Crippen LogP contribution >= 0.6 is 11.8 Å². The lowest BCUT2D eigenvalue weighted by molar-refractivity contribution is -0.116. The molecule has 48 heavy (non-hydrogen) atoms. The SMILES string of the molecule is Cc1ccc(/C=C(\NC(=O)c2ccccc2)C(=O)Nc2ccc(SC(C(=O)Nc3ccc(S(N)(=O)=O)cc3)c3ccccc3)cc2)cc1. The molecule has 0 spiro atoms. The van der Waals surface area contributed by atoms with E-state index in [9.17, 15) is 22.8 Å². The number of amides is 3. The molecule has 1 unspecified atom stereocenters. The summed E-state index contributed by atoms with van der Waals surface area (Å²) < 4.78 is 23.2. The first-order valence-corrected chi connectivity index (χ1v) is 17.2. The highest BCUT2D eigenvalue weighted by Gasteiger charge is 2.23. The maximum atomic E-state index is 13.5. The molecule has 0 aliphatic rings. The summed E-state index contributed by atoms with van der Waals surface area (Å²) in [6.07, 6.45) is 1.62. The number of hydrogen-bond donors (Lipinski definition) is 4. The van der Waals surface area contributed by atoms with Crippen molar-refractivity contribution in [3.63, 3.8) is 0 Å². The summed E-state index contributed by atoms with van der Waals surface area (Å²) in [7, 11) is -3.86. The molecule has 0 fully saturated rings. The summed E-state index contributed by atoms with van der Waals surface area (Å²) in [4.78, 5) is 40.6. The minimum Gasteiger partial charge on any atom is -0.325 e. The highest BCUT2D eigenvalue weighted by atomic mass is 32.2. The van der Waals surface area contributed by atoms with Crippen LogP contribution in [-0.4, -0.2) is 26.1 Å². The van der Waals surface area contributed by atoms with Crippen molar-refractivity contribution in [1.29, 1.82) is 0 Å². The Hall–Kier alpha value is -5.49. The summed E-state index contributed by atoms with van der Waals surface area (Å²) in [6.45, 7) is 1.96. The van der Waals surface area contributed by atoms with Gasteiger partial charge in [0.05, 0.1) is 4.90 Å². The lowest BCUT2D eigenvalue weighted by atomic mass is 10.1. The number of anilines is 2. The molecule has 11 heteroatoms. The van der Waals surface area contributed by atoms with Crippen LogP contribution in [0.15, 0.2) is 149 Å². The molecule has 5 N–H and O–H groups in total. The second-order valence-electron chi connectivity index (χ2n) is 10.7. The third-order valence-corrected chi connectivity index (χ3v) is 9.27. The van der Waals surface area contributed by atoms with Crippen molar-refractivity contribution in [3.05, 3.63) is 161 Å². The van der Waals surface area contributed by atoms with Gasteiger partial charge >= 0.3 is 0 Å². The molecule has 5 rings (SSSR count). The molecule has 0 radical (unpaired) electrons. The molecule has 3 amide bonds. The Bertz CT molecular complexity index is 2030. The molecule has 0 aromatic heterocycles. The first kappa shape index (κ1) is 33.9. The van der Waals surface area contributed by atoms with E-state index in [1.54, 1.807) is 60.7 Å². The van der Waals surface area contributed by atoms with Crippen LogP contribution < -0.4 is 21.1 Å². The van der Waals surface area contributed by atoms with Crippen LogP contribution in [0.25, 0.3) is 6.08 Å². The molecule has 0 bridgehead atoms. The molecule has 0 saturated heterocycles. The number of carbonyl (C=O) groups excluding carboxylic acids is 3. The van der Waals surface area contributed by atoms with Crippen molar-refractivity contribution in [2.75, 3.05) is 10.6 Å². The molecular weight excluding hydrogens is 645 g/mol. The molecule has 1 atom stereocenters. The highest BCUT2D eigenvalue weighted by Crippen LogP contribution is 2.37. The van der Waals surface area contributed by atoms with E-state index in [0.29, 0.717) is 16.9 Å². The Morgan fingerprint density at radius 2 is 1.27 bits per heavy atom. The largest absolute Gasteiger partial charge is 0.325 e. The van der Waals surface area contributed by atoms with Crippen molar-refractivity contribution in [2.45, 2.75) is 22.0 Å². The van der Waals surface area contributed by atoms with E-state index < -0.39 is 27.1 Å². The molecule has 0 aliphatic carbocycles. The minimum absolute atomic E-state index is 0.0574. The van der Waals surface area contributed by atoms with Crippen LogP contribution in [0.4, 0.5) is 11.4 Å². The smallest absolute Gasteiger partial charge is 0.272 e. The van der Waals surface area contributed by atoms with E-state index in [4.69, 9.17) is 5.14 Å². The zero-order valence-electron chi connectivity index (χ0n) is 25.8. The van der Waals surface area contributed by atoms with Crippen molar-refractivity contribution in [1.82, 2.24) is 5.32 Å². The van der Waals surface area contributed by atoms with E-state index in [0.717, 1.165) is 21.6 Å². The van der Waals surface area contributed by atoms with Crippen molar-refractivity contribution >= 4 is 57.0 Å². The fourth-order valence-corrected chi connectivity index (χ4v) is 6.10. The predicted octanol–water partition coefficient (Wildman–Crippen LogP) is 6.52. The van der Waals surface area contributed by atoms with Crippen LogP contribution in [0.3, 0.4) is 0 Å². The number of primary sulfonamides is 1. The van der Waals surface area contributed by atoms with Gasteiger partial charge in [0.25, 0.3) is 11.8 Å². The van der Waals surface area contributed by atoms with Gasteiger partial charge in [0.15, 0.2) is 0 Å². The quantitative estimate of drug-likeness (QED) is 0.0925. The summed E-state index contributed by atoms with van der Waals surface area (Å²) >= 11 is 1.31. The number of nitrogens with one attached hydrogen (secondary N) is 3. The van der Waals surface area contributed by atoms with Crippen LogP contribution in [0.2, 0.25) is 0 Å². The first-order valence-electron chi connectivity index (χ1n) is 14.8. The van der Waals surface area contributed by atoms with E-state index in [1.165, 1.54) is 36.0 Å². The monoisotopic (exact) mass is 676 g/mol. The van der Waals surface area contributed by atoms with Crippen LogP contribution in [-0.2, 0) is 19.6 Å². The Morgan fingerprint density at radius 3 is 1.88 bits per heavy atom. The molecule has 242 valence electrons. The van der Waals surface area contributed by atoms with Gasteiger partial charge in [-0.1, -0.05) is 78.4 Å². The maximum absolute atomic E-state index is 13.5. The van der Waals surface area contributed by atoms with Crippen molar-refractivity contribution in [2.24, 2.45) is 5.14 Å². The number of rotatable bonds is 11. The van der Waals surface area contributed by atoms with Gasteiger partial charge in [-0.2, -0.15) is 0 Å². The molecule has 0 heterocycles. The average Bonchev–Trinajstić information content (AvgIpc) is 3.09. The first-order chi connectivity index (χ1) is 23.0. The van der Waals surface area contributed by atoms with Crippen molar-refractivity contribution < 1.29 is 22.8 Å². The fraction of sp³-hybridized carbons (Fsp3) is 0.0541. The van der Waals surface area contributed by atoms with Gasteiger partial charge in [0.2, 0.25) is 15.9 Å². The number of thioether (sulfide) groups is 1. The molecule has 5 aromatic rings. The maximum Gasteiger partial charge on any atom is 0.272 e. The average molecular weight is 677 g/mol. The van der Waals surface area contributed by atoms with Gasteiger partial charge in [-0.25, -0.2) is 13.6 Å². The van der Waals surface area contributed by atoms with Gasteiger partial charge < -0.3 is 16.0 Å². The molecular formula is C37H32N4O5S2. The standard InChI is InChI=1S/C37H32N4O5S2/c1-25-12-14-26(15-13-25)24-33(41-35(42)28-10-6-3-7-11-28)36(43)39-29-16-20-31(21-17-29)47-34(27-8-4-2-5-9-27)37(44)40-30-18-22-32(23-19-30)48(38,45)46/h2-24,34H,1H3,(H,39,43)(H,40,44)(H,41,42)(H2,38,45,46)/b33-24-. The Balaban J connectivity index is 1.32. The molecule has 5 aromatic carbocycles. The zero-order valence-corrected chi connectivity index (χ0v) is 27.4. The molecule has 0 aliphatic heterocycles. The number of aryl methyl sites for hydroxylation is 1. The Morgan fingerprint density at radius 1 is 0.708 bits per heavy atom. The van der Waals surface area contributed by atoms with Gasteiger partial charge in [-0.15, -0.1) is 11.8 Å². The van der Waals surface area contributed by atoms with E-state index in [1.807, 2.05) is 61.5 Å². The topological polar surface area (TPSA) is 147 Å². The third kappa shape index (κ3) is 9.29. The van der Waals surface area contributed by atoms with E-state index in [2.05, 4.69) is 16.0 Å². The van der Waals surface area contributed by atoms with Crippen LogP contribution in [0, 0.1) is 6.92 Å². The second kappa shape index (κ2) is 15.4. The number of carbonyl (C=O) groups is 3. The van der Waals surface area contributed by atoms with Crippen molar-refractivity contribution in [3.8, 4) is 0 Å². The minimum atomic E-state index is -3.86. The highest BCUT2D eigenvalue weighted by molar-refractivity contribution is 8.00. The fourth-order valence-electron chi connectivity index (χ4n) is 4.56. The number of hydrogen-bond acceptors (Lipinski definition) is 6. The van der Waals surface area contributed by atoms with Gasteiger partial charge in [-0.3, -0.25) is 14.4 Å². The zero-order chi connectivity index (χ0) is 34.1. The third-order valence-electron chi connectivity index (χ3n) is 7.07. The number of sulfonamides is 1. The molecule has 9 nitrogen and oxygen atoms in total. The number of nitrogens with two attached hydrogens (primary N) is 1. The van der Waals surface area contributed by atoms with Crippen LogP contribution in [0.5, 0.6) is 0 Å². The Kier molecular flexibility index (Phi) is 10.9. The second-order valence-corrected chi connectivity index (χ2v) is 13.5. The summed E-state index contributed by atoms with van der Waals surface area (Å²) in [6, 6.07) is 38.1. The summed E-state index contributed by atoms with van der Waals surface area (Å²) in [5, 5.41) is 13.0. The van der Waals surface area contributed by atoms with Crippen LogP contribution in [0.1, 0.15) is 32.3 Å². The lowest BCUT2D eigenvalue weighted by Crippen LogP contribution is -2.30. The Labute approximate surface area is 283 Å². The summed E-state index contributed by atoms with van der Waals surface area (Å²) in [5.74, 6) is -1.23. The number of benzene rings is 5. The molecule has 0 saturated carbocycles. The lowest BCUT2D eigenvalue weighted by Gasteiger charge is -2.18. The normalized spacial score (nSPS) is 12.1. The van der Waals surface area contributed by atoms with Gasteiger partial charge in [-0.05, 0) is 84.8 Å². The van der Waals surface area contributed by atoms with E-state index >= 15 is 0 Å². The van der Waals surface area contributed by atoms with Gasteiger partial charge in [0.1, 0.15) is 10.9 Å².